The van der Waals surface area contributed by atoms with Gasteiger partial charge < -0.3 is 4.74 Å². The van der Waals surface area contributed by atoms with E-state index < -0.39 is 10.9 Å². The average Bonchev–Trinajstić information content (AvgIpc) is 2.43. The summed E-state index contributed by atoms with van der Waals surface area (Å²) in [5.74, 6) is 0.108. The fourth-order valence-electron chi connectivity index (χ4n) is 1.85. The molecule has 0 unspecified atom stereocenters. The Morgan fingerprint density at radius 1 is 1.10 bits per heavy atom. The highest BCUT2D eigenvalue weighted by atomic mass is 16.6. The highest BCUT2D eigenvalue weighted by Gasteiger charge is 2.09. The predicted octanol–water partition coefficient (Wildman–Crippen LogP) is 3.36. The van der Waals surface area contributed by atoms with E-state index in [0.717, 1.165) is 11.1 Å². The van der Waals surface area contributed by atoms with Crippen LogP contribution in [0.3, 0.4) is 0 Å². The number of rotatable bonds is 4. The highest BCUT2D eigenvalue weighted by molar-refractivity contribution is 5.75. The van der Waals surface area contributed by atoms with Crippen LogP contribution in [0.5, 0.6) is 5.75 Å². The topological polar surface area (TPSA) is 69.4 Å². The average molecular weight is 285 g/mol. The van der Waals surface area contributed by atoms with Crippen LogP contribution >= 0.6 is 0 Å². The van der Waals surface area contributed by atoms with Crippen molar-refractivity contribution < 1.29 is 14.5 Å². The van der Waals surface area contributed by atoms with Gasteiger partial charge in [0.1, 0.15) is 5.75 Å². The van der Waals surface area contributed by atoms with Gasteiger partial charge >= 0.3 is 5.97 Å². The molecule has 0 amide bonds. The Balaban J connectivity index is 2.01. The summed E-state index contributed by atoms with van der Waals surface area (Å²) in [5.41, 5.74) is 2.86. The molecule has 0 atom stereocenters. The molecule has 108 valence electrons. The number of non-ortho nitro benzene ring substituents is 1. The van der Waals surface area contributed by atoms with Crippen molar-refractivity contribution in [2.24, 2.45) is 0 Å². The summed E-state index contributed by atoms with van der Waals surface area (Å²) in [5, 5.41) is 10.5. The third kappa shape index (κ3) is 3.89. The number of hydrogen-bond acceptors (Lipinski definition) is 4. The standard InChI is InChI=1S/C16H15NO4/c1-11-3-8-15(9-12(11)2)21-16(18)10-13-4-6-14(7-5-13)17(19)20/h3-9H,10H2,1-2H3. The SMILES string of the molecule is Cc1ccc(OC(=O)Cc2ccc([N+](=O)[O-])cc2)cc1C. The van der Waals surface area contributed by atoms with Gasteiger partial charge in [0.25, 0.3) is 5.69 Å². The molecule has 0 saturated carbocycles. The Morgan fingerprint density at radius 3 is 2.33 bits per heavy atom. The molecule has 0 aromatic heterocycles. The second-order valence-corrected chi connectivity index (χ2v) is 4.82. The zero-order valence-electron chi connectivity index (χ0n) is 11.8. The number of nitro groups is 1. The number of carbonyl (C=O) groups excluding carboxylic acids is 1. The van der Waals surface area contributed by atoms with Crippen LogP contribution in [0.1, 0.15) is 16.7 Å². The summed E-state index contributed by atoms with van der Waals surface area (Å²) in [6.45, 7) is 3.93. The first-order valence-electron chi connectivity index (χ1n) is 6.47. The van der Waals surface area contributed by atoms with Crippen LogP contribution in [0.25, 0.3) is 0 Å². The molecule has 0 saturated heterocycles. The Kier molecular flexibility index (Phi) is 4.33. The number of carbonyl (C=O) groups is 1. The Bertz CT molecular complexity index is 677. The summed E-state index contributed by atoms with van der Waals surface area (Å²) in [4.78, 5) is 21.9. The van der Waals surface area contributed by atoms with Gasteiger partial charge in [-0.25, -0.2) is 0 Å². The summed E-state index contributed by atoms with van der Waals surface area (Å²) >= 11 is 0. The van der Waals surface area contributed by atoms with Crippen LogP contribution < -0.4 is 4.74 Å². The molecular formula is C16H15NO4. The van der Waals surface area contributed by atoms with Crippen molar-refractivity contribution in [3.8, 4) is 5.75 Å². The largest absolute Gasteiger partial charge is 0.426 e. The maximum absolute atomic E-state index is 11.8. The third-order valence-corrected chi connectivity index (χ3v) is 3.21. The first-order valence-corrected chi connectivity index (χ1v) is 6.47. The molecule has 0 bridgehead atoms. The molecule has 0 aliphatic carbocycles. The molecule has 2 aromatic carbocycles. The lowest BCUT2D eigenvalue weighted by Crippen LogP contribution is -2.11. The first-order chi connectivity index (χ1) is 9.95. The zero-order chi connectivity index (χ0) is 15.4. The molecule has 0 heterocycles. The predicted molar refractivity (Wildman–Crippen MR) is 78.4 cm³/mol. The second-order valence-electron chi connectivity index (χ2n) is 4.82. The minimum Gasteiger partial charge on any atom is -0.426 e. The number of hydrogen-bond donors (Lipinski definition) is 0. The van der Waals surface area contributed by atoms with E-state index in [1.165, 1.54) is 12.1 Å². The van der Waals surface area contributed by atoms with Crippen molar-refractivity contribution >= 4 is 11.7 Å². The van der Waals surface area contributed by atoms with Gasteiger partial charge in [-0.3, -0.25) is 14.9 Å². The summed E-state index contributed by atoms with van der Waals surface area (Å²) < 4.78 is 5.26. The number of nitro benzene ring substituents is 1. The van der Waals surface area contributed by atoms with Crippen LogP contribution in [-0.4, -0.2) is 10.9 Å². The quantitative estimate of drug-likeness (QED) is 0.374. The molecule has 21 heavy (non-hydrogen) atoms. The van der Waals surface area contributed by atoms with E-state index in [-0.39, 0.29) is 12.1 Å². The first kappa shape index (κ1) is 14.7. The minimum atomic E-state index is -0.475. The van der Waals surface area contributed by atoms with Crippen LogP contribution in [0.2, 0.25) is 0 Å². The van der Waals surface area contributed by atoms with E-state index in [4.69, 9.17) is 4.74 Å². The Hall–Kier alpha value is -2.69. The summed E-state index contributed by atoms with van der Waals surface area (Å²) in [6, 6.07) is 11.3. The molecule has 0 aliphatic rings. The number of benzene rings is 2. The van der Waals surface area contributed by atoms with E-state index in [1.54, 1.807) is 18.2 Å². The van der Waals surface area contributed by atoms with Crippen molar-refractivity contribution in [3.63, 3.8) is 0 Å². The lowest BCUT2D eigenvalue weighted by atomic mass is 10.1. The molecule has 0 radical (unpaired) electrons. The molecule has 0 spiro atoms. The fourth-order valence-corrected chi connectivity index (χ4v) is 1.85. The molecule has 2 rings (SSSR count). The highest BCUT2D eigenvalue weighted by Crippen LogP contribution is 2.18. The number of nitrogens with zero attached hydrogens (tertiary/aromatic N) is 1. The molecule has 0 fully saturated rings. The molecule has 0 aliphatic heterocycles. The van der Waals surface area contributed by atoms with E-state index in [0.29, 0.717) is 11.3 Å². The van der Waals surface area contributed by atoms with Crippen molar-refractivity contribution in [1.29, 1.82) is 0 Å². The zero-order valence-corrected chi connectivity index (χ0v) is 11.8. The maximum Gasteiger partial charge on any atom is 0.315 e. The van der Waals surface area contributed by atoms with E-state index in [2.05, 4.69) is 0 Å². The molecular weight excluding hydrogens is 270 g/mol. The summed E-state index contributed by atoms with van der Waals surface area (Å²) in [6.07, 6.45) is 0.0743. The van der Waals surface area contributed by atoms with Gasteiger partial charge in [0, 0.05) is 12.1 Å². The van der Waals surface area contributed by atoms with Gasteiger partial charge in [0.05, 0.1) is 11.3 Å². The van der Waals surface area contributed by atoms with Crippen molar-refractivity contribution in [2.45, 2.75) is 20.3 Å². The van der Waals surface area contributed by atoms with Gasteiger partial charge in [0.15, 0.2) is 0 Å². The smallest absolute Gasteiger partial charge is 0.315 e. The van der Waals surface area contributed by atoms with E-state index in [1.807, 2.05) is 26.0 Å². The lowest BCUT2D eigenvalue weighted by molar-refractivity contribution is -0.384. The van der Waals surface area contributed by atoms with Gasteiger partial charge in [0.2, 0.25) is 0 Å². The monoisotopic (exact) mass is 285 g/mol. The maximum atomic E-state index is 11.8. The number of aryl methyl sites for hydroxylation is 2. The number of ether oxygens (including phenoxy) is 1. The van der Waals surface area contributed by atoms with Crippen molar-refractivity contribution in [1.82, 2.24) is 0 Å². The van der Waals surface area contributed by atoms with Crippen molar-refractivity contribution in [2.75, 3.05) is 0 Å². The van der Waals surface area contributed by atoms with Gasteiger partial charge in [-0.2, -0.15) is 0 Å². The minimum absolute atomic E-state index is 0.00118. The Morgan fingerprint density at radius 2 is 1.76 bits per heavy atom. The normalized spacial score (nSPS) is 10.2. The molecule has 5 nitrogen and oxygen atoms in total. The summed E-state index contributed by atoms with van der Waals surface area (Å²) in [7, 11) is 0. The molecule has 5 heteroatoms. The van der Waals surface area contributed by atoms with Gasteiger partial charge in [-0.15, -0.1) is 0 Å². The lowest BCUT2D eigenvalue weighted by Gasteiger charge is -2.06. The van der Waals surface area contributed by atoms with E-state index >= 15 is 0 Å². The van der Waals surface area contributed by atoms with Crippen LogP contribution in [-0.2, 0) is 11.2 Å². The van der Waals surface area contributed by atoms with Crippen molar-refractivity contribution in [3.05, 3.63) is 69.3 Å². The van der Waals surface area contributed by atoms with Crippen LogP contribution in [0.15, 0.2) is 42.5 Å². The van der Waals surface area contributed by atoms with Crippen LogP contribution in [0.4, 0.5) is 5.69 Å². The fraction of sp³-hybridized carbons (Fsp3) is 0.188. The van der Waals surface area contributed by atoms with Crippen LogP contribution in [0, 0.1) is 24.0 Å². The van der Waals surface area contributed by atoms with Gasteiger partial charge in [-0.05, 0) is 42.7 Å². The molecule has 0 N–H and O–H groups in total. The Labute approximate surface area is 122 Å². The second kappa shape index (κ2) is 6.17. The molecule has 2 aromatic rings. The third-order valence-electron chi connectivity index (χ3n) is 3.21. The van der Waals surface area contributed by atoms with Gasteiger partial charge in [-0.1, -0.05) is 18.2 Å². The van der Waals surface area contributed by atoms with E-state index in [9.17, 15) is 14.9 Å². The number of esters is 1.